The van der Waals surface area contributed by atoms with E-state index in [1.54, 1.807) is 6.07 Å². The molecule has 2 aliphatic rings. The molecule has 0 aliphatic carbocycles. The number of nitrogens with two attached hydrogens (primary N) is 1. The molecule has 1 saturated heterocycles. The summed E-state index contributed by atoms with van der Waals surface area (Å²) < 4.78 is 31.2. The van der Waals surface area contributed by atoms with Gasteiger partial charge in [0.2, 0.25) is 0 Å². The van der Waals surface area contributed by atoms with Gasteiger partial charge in [-0.1, -0.05) is 0 Å². The Hall–Kier alpha value is -1.60. The van der Waals surface area contributed by atoms with E-state index in [2.05, 4.69) is 0 Å². The maximum absolute atomic E-state index is 12.4. The number of ether oxygens (including phenoxy) is 1. The van der Waals surface area contributed by atoms with Crippen molar-refractivity contribution in [1.29, 1.82) is 0 Å². The summed E-state index contributed by atoms with van der Waals surface area (Å²) >= 11 is 0. The Morgan fingerprint density at radius 1 is 1.38 bits per heavy atom. The number of hydrogen-bond donors (Lipinski definition) is 1. The molecule has 2 N–H and O–H groups in total. The topological polar surface area (TPSA) is 89.7 Å². The summed E-state index contributed by atoms with van der Waals surface area (Å²) in [6.45, 7) is 0.964. The number of fused-ring (bicyclic) bond motifs is 1. The average Bonchev–Trinajstić information content (AvgIpc) is 3.01. The van der Waals surface area contributed by atoms with Crippen LogP contribution >= 0.6 is 0 Å². The summed E-state index contributed by atoms with van der Waals surface area (Å²) in [4.78, 5) is 12.2. The standard InChI is InChI=1S/C14H18N2O4S/c15-10-5-6-12-13(9-10)21(18,19)16(14(12)17)7-1-3-11-4-2-8-20-11/h5-6,9,11H,1-4,7-8,15H2. The monoisotopic (exact) mass is 310 g/mol. The van der Waals surface area contributed by atoms with E-state index in [1.165, 1.54) is 12.1 Å². The quantitative estimate of drug-likeness (QED) is 0.848. The van der Waals surface area contributed by atoms with E-state index in [0.717, 1.165) is 30.2 Å². The van der Waals surface area contributed by atoms with Crippen molar-refractivity contribution in [2.45, 2.75) is 36.7 Å². The third-order valence-electron chi connectivity index (χ3n) is 3.94. The highest BCUT2D eigenvalue weighted by Gasteiger charge is 2.40. The molecule has 3 rings (SSSR count). The lowest BCUT2D eigenvalue weighted by Crippen LogP contribution is -2.31. The SMILES string of the molecule is Nc1ccc2c(c1)S(=O)(=O)N(CCCC1CCCO1)C2=O. The average molecular weight is 310 g/mol. The van der Waals surface area contributed by atoms with Gasteiger partial charge in [-0.2, -0.15) is 0 Å². The van der Waals surface area contributed by atoms with Gasteiger partial charge in [0, 0.05) is 18.8 Å². The van der Waals surface area contributed by atoms with Crippen LogP contribution in [0.25, 0.3) is 0 Å². The molecule has 0 bridgehead atoms. The van der Waals surface area contributed by atoms with Gasteiger partial charge in [-0.3, -0.25) is 4.79 Å². The highest BCUT2D eigenvalue weighted by Crippen LogP contribution is 2.32. The van der Waals surface area contributed by atoms with Crippen molar-refractivity contribution >= 4 is 21.6 Å². The first-order valence-corrected chi connectivity index (χ1v) is 8.52. The van der Waals surface area contributed by atoms with Crippen LogP contribution in [0.5, 0.6) is 0 Å². The van der Waals surface area contributed by atoms with E-state index in [0.29, 0.717) is 12.1 Å². The minimum Gasteiger partial charge on any atom is -0.399 e. The van der Waals surface area contributed by atoms with Crippen molar-refractivity contribution in [3.8, 4) is 0 Å². The number of sulfonamides is 1. The van der Waals surface area contributed by atoms with Gasteiger partial charge in [0.25, 0.3) is 15.9 Å². The molecule has 0 radical (unpaired) electrons. The van der Waals surface area contributed by atoms with E-state index in [4.69, 9.17) is 10.5 Å². The summed E-state index contributed by atoms with van der Waals surface area (Å²) in [5.41, 5.74) is 6.16. The Morgan fingerprint density at radius 3 is 2.90 bits per heavy atom. The lowest BCUT2D eigenvalue weighted by atomic mass is 10.1. The Morgan fingerprint density at radius 2 is 2.19 bits per heavy atom. The minimum absolute atomic E-state index is 0.0182. The fourth-order valence-corrected chi connectivity index (χ4v) is 4.49. The highest BCUT2D eigenvalue weighted by atomic mass is 32.2. The van der Waals surface area contributed by atoms with Crippen LogP contribution in [-0.2, 0) is 14.8 Å². The van der Waals surface area contributed by atoms with Crippen LogP contribution in [0, 0.1) is 0 Å². The van der Waals surface area contributed by atoms with Crippen LogP contribution in [0.4, 0.5) is 5.69 Å². The summed E-state index contributed by atoms with van der Waals surface area (Å²) in [6.07, 6.45) is 3.65. The largest absolute Gasteiger partial charge is 0.399 e. The smallest absolute Gasteiger partial charge is 0.269 e. The van der Waals surface area contributed by atoms with Crippen molar-refractivity contribution in [3.05, 3.63) is 23.8 Å². The van der Waals surface area contributed by atoms with E-state index in [-0.39, 0.29) is 23.1 Å². The second-order valence-electron chi connectivity index (χ2n) is 5.42. The molecule has 1 aromatic rings. The van der Waals surface area contributed by atoms with Crippen LogP contribution in [0.15, 0.2) is 23.1 Å². The maximum Gasteiger partial charge on any atom is 0.269 e. The molecule has 1 atom stereocenters. The first kappa shape index (κ1) is 14.3. The number of amides is 1. The van der Waals surface area contributed by atoms with Crippen LogP contribution in [0.1, 0.15) is 36.0 Å². The van der Waals surface area contributed by atoms with Crippen LogP contribution in [0.3, 0.4) is 0 Å². The molecule has 1 aromatic carbocycles. The zero-order valence-corrected chi connectivity index (χ0v) is 12.4. The molecule has 114 valence electrons. The van der Waals surface area contributed by atoms with Gasteiger partial charge in [-0.15, -0.1) is 0 Å². The van der Waals surface area contributed by atoms with Crippen molar-refractivity contribution in [3.63, 3.8) is 0 Å². The van der Waals surface area contributed by atoms with E-state index in [1.807, 2.05) is 0 Å². The molecule has 2 heterocycles. The van der Waals surface area contributed by atoms with E-state index in [9.17, 15) is 13.2 Å². The van der Waals surface area contributed by atoms with Gasteiger partial charge in [0.15, 0.2) is 0 Å². The zero-order valence-electron chi connectivity index (χ0n) is 11.6. The molecule has 6 nitrogen and oxygen atoms in total. The Labute approximate surface area is 123 Å². The second kappa shape index (κ2) is 5.31. The van der Waals surface area contributed by atoms with Crippen molar-refractivity contribution in [2.24, 2.45) is 0 Å². The Kier molecular flexibility index (Phi) is 3.62. The van der Waals surface area contributed by atoms with Crippen LogP contribution < -0.4 is 5.73 Å². The predicted octanol–water partition coefficient (Wildman–Crippen LogP) is 1.37. The molecular formula is C14H18N2O4S. The predicted molar refractivity (Wildman–Crippen MR) is 77.3 cm³/mol. The maximum atomic E-state index is 12.4. The lowest BCUT2D eigenvalue weighted by molar-refractivity contribution is 0.0842. The molecule has 21 heavy (non-hydrogen) atoms. The number of carbonyl (C=O) groups excluding carboxylic acids is 1. The minimum atomic E-state index is -3.75. The highest BCUT2D eigenvalue weighted by molar-refractivity contribution is 7.90. The van der Waals surface area contributed by atoms with Crippen molar-refractivity contribution < 1.29 is 17.9 Å². The van der Waals surface area contributed by atoms with Gasteiger partial charge >= 0.3 is 0 Å². The fraction of sp³-hybridized carbons (Fsp3) is 0.500. The molecule has 1 unspecified atom stereocenters. The number of hydrogen-bond acceptors (Lipinski definition) is 5. The van der Waals surface area contributed by atoms with Crippen molar-refractivity contribution in [2.75, 3.05) is 18.9 Å². The number of nitrogen functional groups attached to an aromatic ring is 1. The number of benzene rings is 1. The van der Waals surface area contributed by atoms with E-state index < -0.39 is 15.9 Å². The number of nitrogens with zero attached hydrogens (tertiary/aromatic N) is 1. The second-order valence-corrected chi connectivity index (χ2v) is 7.25. The van der Waals surface area contributed by atoms with Gasteiger partial charge in [0.05, 0.1) is 11.7 Å². The molecular weight excluding hydrogens is 292 g/mol. The summed E-state index contributed by atoms with van der Waals surface area (Å²) in [7, 11) is -3.75. The number of carbonyl (C=O) groups is 1. The molecule has 1 fully saturated rings. The Bertz CT molecular complexity index is 666. The van der Waals surface area contributed by atoms with Gasteiger partial charge in [-0.05, 0) is 43.9 Å². The zero-order chi connectivity index (χ0) is 15.0. The third-order valence-corrected chi connectivity index (χ3v) is 5.76. The van der Waals surface area contributed by atoms with Gasteiger partial charge in [-0.25, -0.2) is 12.7 Å². The summed E-state index contributed by atoms with van der Waals surface area (Å²) in [5.74, 6) is -0.461. The Balaban J connectivity index is 1.73. The number of rotatable bonds is 4. The number of anilines is 1. The molecule has 7 heteroatoms. The summed E-state index contributed by atoms with van der Waals surface area (Å²) in [6, 6.07) is 4.37. The van der Waals surface area contributed by atoms with Gasteiger partial charge in [0.1, 0.15) is 4.90 Å². The fourth-order valence-electron chi connectivity index (χ4n) is 2.85. The molecule has 2 aliphatic heterocycles. The van der Waals surface area contributed by atoms with Crippen LogP contribution in [0.2, 0.25) is 0 Å². The van der Waals surface area contributed by atoms with E-state index >= 15 is 0 Å². The molecule has 0 aromatic heterocycles. The third kappa shape index (κ3) is 2.51. The van der Waals surface area contributed by atoms with Crippen LogP contribution in [-0.4, -0.2) is 37.9 Å². The first-order valence-electron chi connectivity index (χ1n) is 7.08. The molecule has 0 saturated carbocycles. The molecule has 1 amide bonds. The van der Waals surface area contributed by atoms with Crippen molar-refractivity contribution in [1.82, 2.24) is 4.31 Å². The summed E-state index contributed by atoms with van der Waals surface area (Å²) in [5, 5.41) is 0. The lowest BCUT2D eigenvalue weighted by Gasteiger charge is -2.16. The van der Waals surface area contributed by atoms with Gasteiger partial charge < -0.3 is 10.5 Å². The first-order chi connectivity index (χ1) is 10.00. The normalized spacial score (nSPS) is 23.5. The molecule has 0 spiro atoms.